The van der Waals surface area contributed by atoms with Crippen molar-refractivity contribution < 1.29 is 9.47 Å². The van der Waals surface area contributed by atoms with Crippen molar-refractivity contribution >= 4 is 11.8 Å². The summed E-state index contributed by atoms with van der Waals surface area (Å²) in [5.41, 5.74) is 0. The molecular formula is C9H14O2S. The number of terminal acetylenes is 1. The Morgan fingerprint density at radius 2 is 2.50 bits per heavy atom. The van der Waals surface area contributed by atoms with Crippen LogP contribution in [0.15, 0.2) is 0 Å². The maximum Gasteiger partial charge on any atom is 0.157 e. The Hall–Kier alpha value is -0.170. The Bertz CT molecular complexity index is 147. The van der Waals surface area contributed by atoms with Crippen molar-refractivity contribution in [3.8, 4) is 11.7 Å². The fraction of sp³-hybridized carbons (Fsp3) is 0.778. The molecule has 0 N–H and O–H groups in total. The van der Waals surface area contributed by atoms with Gasteiger partial charge in [0, 0.05) is 12.4 Å². The Balaban J connectivity index is 1.95. The molecule has 12 heavy (non-hydrogen) atoms. The lowest BCUT2D eigenvalue weighted by Gasteiger charge is -2.22. The zero-order valence-corrected chi connectivity index (χ0v) is 7.94. The minimum atomic E-state index is 0.0251. The van der Waals surface area contributed by atoms with E-state index in [1.807, 2.05) is 0 Å². The summed E-state index contributed by atoms with van der Waals surface area (Å²) in [5, 5.41) is 2.50. The van der Waals surface area contributed by atoms with Gasteiger partial charge in [-0.25, -0.2) is 0 Å². The molecule has 3 heteroatoms. The van der Waals surface area contributed by atoms with Gasteiger partial charge in [-0.3, -0.25) is 0 Å². The number of thioether (sulfide) groups is 1. The van der Waals surface area contributed by atoms with E-state index >= 15 is 0 Å². The van der Waals surface area contributed by atoms with E-state index in [1.165, 1.54) is 24.6 Å². The molecule has 1 saturated heterocycles. The van der Waals surface area contributed by atoms with E-state index in [1.54, 1.807) is 0 Å². The van der Waals surface area contributed by atoms with Crippen LogP contribution in [0.1, 0.15) is 19.3 Å². The molecule has 0 amide bonds. The normalized spacial score (nSPS) is 23.4. The Labute approximate surface area is 78.0 Å². The average Bonchev–Trinajstić information content (AvgIpc) is 2.14. The molecule has 0 radical (unpaired) electrons. The van der Waals surface area contributed by atoms with Crippen molar-refractivity contribution in [1.29, 1.82) is 0 Å². The van der Waals surface area contributed by atoms with Gasteiger partial charge in [-0.05, 0) is 24.5 Å². The van der Waals surface area contributed by atoms with Crippen molar-refractivity contribution in [1.82, 2.24) is 0 Å². The smallest absolute Gasteiger partial charge is 0.157 e. The highest BCUT2D eigenvalue weighted by atomic mass is 32.2. The third-order valence-corrected chi connectivity index (χ3v) is 2.25. The average molecular weight is 186 g/mol. The fourth-order valence-electron chi connectivity index (χ4n) is 1.12. The maximum atomic E-state index is 5.45. The molecule has 1 aliphatic rings. The van der Waals surface area contributed by atoms with Crippen LogP contribution < -0.4 is 0 Å². The van der Waals surface area contributed by atoms with Gasteiger partial charge in [0.15, 0.2) is 6.29 Å². The zero-order valence-electron chi connectivity index (χ0n) is 7.12. The highest BCUT2D eigenvalue weighted by molar-refractivity contribution is 8.03. The SMILES string of the molecule is C#CSCCOC1CCCCO1. The minimum Gasteiger partial charge on any atom is -0.353 e. The van der Waals surface area contributed by atoms with Gasteiger partial charge in [0.2, 0.25) is 0 Å². The summed E-state index contributed by atoms with van der Waals surface area (Å²) >= 11 is 1.44. The lowest BCUT2D eigenvalue weighted by molar-refractivity contribution is -0.158. The molecule has 0 bridgehead atoms. The van der Waals surface area contributed by atoms with Crippen molar-refractivity contribution in [3.63, 3.8) is 0 Å². The molecule has 1 aliphatic heterocycles. The Morgan fingerprint density at radius 3 is 3.17 bits per heavy atom. The van der Waals surface area contributed by atoms with Gasteiger partial charge >= 0.3 is 0 Å². The molecule has 0 aliphatic carbocycles. The highest BCUT2D eigenvalue weighted by Gasteiger charge is 2.12. The lowest BCUT2D eigenvalue weighted by Crippen LogP contribution is -2.23. The van der Waals surface area contributed by atoms with E-state index in [0.717, 1.165) is 18.8 Å². The molecule has 1 atom stereocenters. The van der Waals surface area contributed by atoms with Gasteiger partial charge in [0.1, 0.15) is 0 Å². The summed E-state index contributed by atoms with van der Waals surface area (Å²) in [4.78, 5) is 0. The minimum absolute atomic E-state index is 0.0251. The second-order valence-electron chi connectivity index (χ2n) is 2.63. The van der Waals surface area contributed by atoms with Crippen LogP contribution in [0.25, 0.3) is 0 Å². The third kappa shape index (κ3) is 4.01. The van der Waals surface area contributed by atoms with E-state index in [0.29, 0.717) is 6.61 Å². The van der Waals surface area contributed by atoms with Crippen LogP contribution in [0.4, 0.5) is 0 Å². The lowest BCUT2D eigenvalue weighted by atomic mass is 10.2. The molecule has 2 nitrogen and oxygen atoms in total. The molecule has 1 fully saturated rings. The molecule has 0 saturated carbocycles. The fourth-order valence-corrected chi connectivity index (χ4v) is 1.42. The van der Waals surface area contributed by atoms with Crippen LogP contribution in [0, 0.1) is 11.7 Å². The van der Waals surface area contributed by atoms with Crippen LogP contribution in [-0.4, -0.2) is 25.3 Å². The van der Waals surface area contributed by atoms with Crippen molar-refractivity contribution in [3.05, 3.63) is 0 Å². The molecule has 0 spiro atoms. The maximum absolute atomic E-state index is 5.45. The van der Waals surface area contributed by atoms with Crippen LogP contribution >= 0.6 is 11.8 Å². The molecule has 1 heterocycles. The van der Waals surface area contributed by atoms with Crippen molar-refractivity contribution in [2.45, 2.75) is 25.6 Å². The molecule has 1 unspecified atom stereocenters. The molecular weight excluding hydrogens is 172 g/mol. The molecule has 0 aromatic carbocycles. The van der Waals surface area contributed by atoms with E-state index in [-0.39, 0.29) is 6.29 Å². The summed E-state index contributed by atoms with van der Waals surface area (Å²) in [5.74, 6) is 0.858. The van der Waals surface area contributed by atoms with E-state index < -0.39 is 0 Å². The van der Waals surface area contributed by atoms with Crippen LogP contribution in [0.3, 0.4) is 0 Å². The van der Waals surface area contributed by atoms with Gasteiger partial charge in [-0.2, -0.15) is 0 Å². The van der Waals surface area contributed by atoms with Gasteiger partial charge in [-0.1, -0.05) is 11.8 Å². The first kappa shape index (κ1) is 9.91. The Kier molecular flexibility index (Phi) is 5.25. The number of hydrogen-bond acceptors (Lipinski definition) is 3. The van der Waals surface area contributed by atoms with Gasteiger partial charge in [-0.15, -0.1) is 6.42 Å². The summed E-state index contributed by atoms with van der Waals surface area (Å²) < 4.78 is 10.8. The van der Waals surface area contributed by atoms with E-state index in [4.69, 9.17) is 15.9 Å². The second-order valence-corrected chi connectivity index (χ2v) is 3.57. The topological polar surface area (TPSA) is 18.5 Å². The second kappa shape index (κ2) is 6.36. The summed E-state index contributed by atoms with van der Waals surface area (Å²) in [6, 6.07) is 0. The molecule has 68 valence electrons. The van der Waals surface area contributed by atoms with Crippen LogP contribution in [0.2, 0.25) is 0 Å². The van der Waals surface area contributed by atoms with E-state index in [2.05, 4.69) is 5.25 Å². The monoisotopic (exact) mass is 186 g/mol. The molecule has 0 aromatic rings. The summed E-state index contributed by atoms with van der Waals surface area (Å²) in [7, 11) is 0. The summed E-state index contributed by atoms with van der Waals surface area (Å²) in [6.07, 6.45) is 8.51. The highest BCUT2D eigenvalue weighted by Crippen LogP contribution is 2.13. The number of rotatable bonds is 4. The predicted octanol–water partition coefficient (Wildman–Crippen LogP) is 1.85. The number of hydrogen-bond donors (Lipinski definition) is 0. The quantitative estimate of drug-likeness (QED) is 0.493. The van der Waals surface area contributed by atoms with Crippen molar-refractivity contribution in [2.75, 3.05) is 19.0 Å². The zero-order chi connectivity index (χ0) is 8.65. The number of ether oxygens (including phenoxy) is 2. The van der Waals surface area contributed by atoms with Gasteiger partial charge < -0.3 is 9.47 Å². The first-order chi connectivity index (χ1) is 5.93. The molecule has 1 rings (SSSR count). The standard InChI is InChI=1S/C9H14O2S/c1-2-12-8-7-11-9-5-3-4-6-10-9/h1,9H,3-8H2. The predicted molar refractivity (Wildman–Crippen MR) is 50.8 cm³/mol. The van der Waals surface area contributed by atoms with Crippen molar-refractivity contribution in [2.24, 2.45) is 0 Å². The first-order valence-electron chi connectivity index (χ1n) is 4.24. The van der Waals surface area contributed by atoms with Gasteiger partial charge in [0.05, 0.1) is 6.61 Å². The van der Waals surface area contributed by atoms with Gasteiger partial charge in [0.25, 0.3) is 0 Å². The van der Waals surface area contributed by atoms with Crippen LogP contribution in [0.5, 0.6) is 0 Å². The third-order valence-electron chi connectivity index (χ3n) is 1.71. The summed E-state index contributed by atoms with van der Waals surface area (Å²) in [6.45, 7) is 1.53. The Morgan fingerprint density at radius 1 is 1.58 bits per heavy atom. The first-order valence-corrected chi connectivity index (χ1v) is 5.22. The largest absolute Gasteiger partial charge is 0.353 e. The van der Waals surface area contributed by atoms with Crippen LogP contribution in [-0.2, 0) is 9.47 Å². The molecule has 0 aromatic heterocycles. The van der Waals surface area contributed by atoms with E-state index in [9.17, 15) is 0 Å².